The van der Waals surface area contributed by atoms with Gasteiger partial charge < -0.3 is 9.84 Å². The first-order valence-corrected chi connectivity index (χ1v) is 6.12. The first-order chi connectivity index (χ1) is 6.42. The molecule has 1 fully saturated rings. The highest BCUT2D eigenvalue weighted by Crippen LogP contribution is 2.40. The largest absolute Gasteiger partial charge is 0.388 e. The summed E-state index contributed by atoms with van der Waals surface area (Å²) in [5.41, 5.74) is -0.740. The molecule has 0 spiro atoms. The van der Waals surface area contributed by atoms with Crippen LogP contribution in [0, 0.1) is 5.92 Å². The topological polar surface area (TPSA) is 29.5 Å². The summed E-state index contributed by atoms with van der Waals surface area (Å²) in [6, 6.07) is 0. The normalized spacial score (nSPS) is 31.6. The molecule has 1 heterocycles. The molecule has 0 aromatic heterocycles. The average molecular weight is 310 g/mol. The Morgan fingerprint density at radius 1 is 1.57 bits per heavy atom. The molecule has 1 N–H and O–H groups in total. The maximum Gasteiger partial charge on any atom is 0.0846 e. The number of aliphatic hydroxyl groups is 1. The van der Waals surface area contributed by atoms with E-state index in [4.69, 9.17) is 4.74 Å². The van der Waals surface area contributed by atoms with E-state index in [-0.39, 0.29) is 9.34 Å². The van der Waals surface area contributed by atoms with Crippen molar-refractivity contribution in [2.24, 2.45) is 5.92 Å². The summed E-state index contributed by atoms with van der Waals surface area (Å²) in [5, 5.41) is 10.5. The molecule has 0 aromatic carbocycles. The van der Waals surface area contributed by atoms with Crippen LogP contribution >= 0.6 is 22.6 Å². The molecule has 3 heteroatoms. The summed E-state index contributed by atoms with van der Waals surface area (Å²) in [4.78, 5) is 0. The van der Waals surface area contributed by atoms with Gasteiger partial charge in [0.2, 0.25) is 0 Å². The van der Waals surface area contributed by atoms with Crippen LogP contribution in [0.15, 0.2) is 12.7 Å². The molecule has 0 bridgehead atoms. The van der Waals surface area contributed by atoms with E-state index in [0.717, 1.165) is 19.4 Å². The van der Waals surface area contributed by atoms with Gasteiger partial charge in [-0.3, -0.25) is 0 Å². The first kappa shape index (κ1) is 12.5. The Morgan fingerprint density at radius 3 is 2.64 bits per heavy atom. The zero-order valence-electron chi connectivity index (χ0n) is 8.92. The third kappa shape index (κ3) is 2.31. The molecule has 1 aliphatic heterocycles. The maximum absolute atomic E-state index is 10.5. The number of ether oxygens (including phenoxy) is 1. The molecule has 1 rings (SSSR count). The van der Waals surface area contributed by atoms with Crippen LogP contribution in [-0.2, 0) is 4.74 Å². The van der Waals surface area contributed by atoms with E-state index in [1.165, 1.54) is 0 Å². The van der Waals surface area contributed by atoms with E-state index in [1.807, 2.05) is 19.9 Å². The van der Waals surface area contributed by atoms with Gasteiger partial charge in [-0.25, -0.2) is 0 Å². The van der Waals surface area contributed by atoms with E-state index >= 15 is 0 Å². The van der Waals surface area contributed by atoms with Gasteiger partial charge in [0, 0.05) is 12.5 Å². The van der Waals surface area contributed by atoms with Crippen molar-refractivity contribution < 1.29 is 9.84 Å². The number of alkyl halides is 1. The molecule has 3 unspecified atom stereocenters. The Labute approximate surface area is 99.9 Å². The SMILES string of the molecule is C=CC(C)(I)C(C)(O)C1CCCOC1. The number of halogens is 1. The van der Waals surface area contributed by atoms with Gasteiger partial charge in [-0.1, -0.05) is 28.7 Å². The van der Waals surface area contributed by atoms with Gasteiger partial charge in [0.15, 0.2) is 0 Å². The third-order valence-electron chi connectivity index (χ3n) is 3.33. The van der Waals surface area contributed by atoms with Gasteiger partial charge in [0.1, 0.15) is 0 Å². The fourth-order valence-electron chi connectivity index (χ4n) is 1.79. The molecular formula is C11H19IO2. The summed E-state index contributed by atoms with van der Waals surface area (Å²) < 4.78 is 5.11. The Morgan fingerprint density at radius 2 is 2.21 bits per heavy atom. The van der Waals surface area contributed by atoms with E-state index in [9.17, 15) is 5.11 Å². The van der Waals surface area contributed by atoms with Gasteiger partial charge >= 0.3 is 0 Å². The summed E-state index contributed by atoms with van der Waals surface area (Å²) in [6.45, 7) is 9.18. The van der Waals surface area contributed by atoms with Crippen LogP contribution in [0.5, 0.6) is 0 Å². The molecule has 0 aromatic rings. The van der Waals surface area contributed by atoms with E-state index in [1.54, 1.807) is 0 Å². The van der Waals surface area contributed by atoms with E-state index in [0.29, 0.717) is 6.61 Å². The average Bonchev–Trinajstić information content (AvgIpc) is 2.19. The Hall–Kier alpha value is 0.390. The Bertz CT molecular complexity index is 205. The summed E-state index contributed by atoms with van der Waals surface area (Å²) in [5.74, 6) is 0.219. The minimum Gasteiger partial charge on any atom is -0.388 e. The number of hydrogen-bond acceptors (Lipinski definition) is 2. The van der Waals surface area contributed by atoms with Crippen molar-refractivity contribution in [3.63, 3.8) is 0 Å². The molecular weight excluding hydrogens is 291 g/mol. The molecule has 82 valence electrons. The zero-order chi connectivity index (χ0) is 10.8. The maximum atomic E-state index is 10.5. The second-order valence-electron chi connectivity index (χ2n) is 4.34. The highest BCUT2D eigenvalue weighted by molar-refractivity contribution is 14.1. The molecule has 0 aliphatic carbocycles. The monoisotopic (exact) mass is 310 g/mol. The van der Waals surface area contributed by atoms with Crippen molar-refractivity contribution in [1.29, 1.82) is 0 Å². The fraction of sp³-hybridized carbons (Fsp3) is 0.818. The summed E-state index contributed by atoms with van der Waals surface area (Å²) in [6.07, 6.45) is 3.91. The van der Waals surface area contributed by atoms with Crippen LogP contribution in [0.3, 0.4) is 0 Å². The van der Waals surface area contributed by atoms with Gasteiger partial charge in [-0.2, -0.15) is 0 Å². The first-order valence-electron chi connectivity index (χ1n) is 5.04. The molecule has 0 amide bonds. The van der Waals surface area contributed by atoms with E-state index < -0.39 is 5.60 Å². The second kappa shape index (κ2) is 4.49. The van der Waals surface area contributed by atoms with E-state index in [2.05, 4.69) is 29.2 Å². The van der Waals surface area contributed by atoms with Crippen LogP contribution in [0.2, 0.25) is 0 Å². The standard InChI is InChI=1S/C11H19IO2/c1-4-10(2,12)11(3,13)9-6-5-7-14-8-9/h4,9,13H,1,5-8H2,2-3H3. The van der Waals surface area contributed by atoms with Crippen LogP contribution in [-0.4, -0.2) is 27.3 Å². The van der Waals surface area contributed by atoms with Crippen LogP contribution in [0.25, 0.3) is 0 Å². The number of rotatable bonds is 3. The lowest BCUT2D eigenvalue weighted by molar-refractivity contribution is -0.0754. The van der Waals surface area contributed by atoms with Gasteiger partial charge in [0.25, 0.3) is 0 Å². The van der Waals surface area contributed by atoms with Crippen molar-refractivity contribution in [3.05, 3.63) is 12.7 Å². The van der Waals surface area contributed by atoms with Crippen molar-refractivity contribution in [1.82, 2.24) is 0 Å². The minimum absolute atomic E-state index is 0.219. The van der Waals surface area contributed by atoms with Gasteiger partial charge in [-0.05, 0) is 26.7 Å². The summed E-state index contributed by atoms with van der Waals surface area (Å²) >= 11 is 2.26. The predicted octanol–water partition coefficient (Wildman–Crippen LogP) is 2.54. The van der Waals surface area contributed by atoms with Crippen LogP contribution in [0.1, 0.15) is 26.7 Å². The van der Waals surface area contributed by atoms with Crippen LogP contribution in [0.4, 0.5) is 0 Å². The highest BCUT2D eigenvalue weighted by atomic mass is 127. The smallest absolute Gasteiger partial charge is 0.0846 e. The molecule has 1 aliphatic rings. The predicted molar refractivity (Wildman–Crippen MR) is 66.8 cm³/mol. The molecule has 0 radical (unpaired) electrons. The Kier molecular flexibility index (Phi) is 4.00. The second-order valence-corrected chi connectivity index (χ2v) is 6.58. The molecule has 3 atom stereocenters. The van der Waals surface area contributed by atoms with Crippen molar-refractivity contribution in [2.75, 3.05) is 13.2 Å². The lowest BCUT2D eigenvalue weighted by Crippen LogP contribution is -2.52. The van der Waals surface area contributed by atoms with Gasteiger partial charge in [0.05, 0.1) is 15.6 Å². The lowest BCUT2D eigenvalue weighted by atomic mass is 9.76. The number of hydrogen-bond donors (Lipinski definition) is 1. The fourth-order valence-corrected chi connectivity index (χ4v) is 2.23. The Balaban J connectivity index is 2.76. The minimum atomic E-state index is -0.740. The third-order valence-corrected chi connectivity index (χ3v) is 4.86. The summed E-state index contributed by atoms with van der Waals surface area (Å²) in [7, 11) is 0. The quantitative estimate of drug-likeness (QED) is 0.493. The molecule has 1 saturated heterocycles. The molecule has 14 heavy (non-hydrogen) atoms. The van der Waals surface area contributed by atoms with Crippen LogP contribution < -0.4 is 0 Å². The van der Waals surface area contributed by atoms with Crippen molar-refractivity contribution in [2.45, 2.75) is 35.7 Å². The molecule has 0 saturated carbocycles. The van der Waals surface area contributed by atoms with Crippen molar-refractivity contribution >= 4 is 22.6 Å². The van der Waals surface area contributed by atoms with Gasteiger partial charge in [-0.15, -0.1) is 6.58 Å². The zero-order valence-corrected chi connectivity index (χ0v) is 11.1. The highest BCUT2D eigenvalue weighted by Gasteiger charge is 2.45. The van der Waals surface area contributed by atoms with Crippen molar-refractivity contribution in [3.8, 4) is 0 Å². The molecule has 2 nitrogen and oxygen atoms in total. The lowest BCUT2D eigenvalue weighted by Gasteiger charge is -2.43.